The van der Waals surface area contributed by atoms with Gasteiger partial charge in [0.1, 0.15) is 0 Å². The van der Waals surface area contributed by atoms with Gasteiger partial charge < -0.3 is 10.2 Å². The van der Waals surface area contributed by atoms with Crippen LogP contribution in [0.1, 0.15) is 88.6 Å². The molecule has 5 rings (SSSR count). The Morgan fingerprint density at radius 1 is 0.930 bits per heavy atom. The minimum Gasteiger partial charge on any atom is -0.356 e. The van der Waals surface area contributed by atoms with Gasteiger partial charge in [-0.2, -0.15) is 0 Å². The van der Waals surface area contributed by atoms with E-state index in [0.29, 0.717) is 17.6 Å². The van der Waals surface area contributed by atoms with E-state index in [4.69, 9.17) is 0 Å². The molecule has 2 aromatic rings. The highest BCUT2D eigenvalue weighted by Gasteiger charge is 2.53. The number of amides is 2. The van der Waals surface area contributed by atoms with Crippen LogP contribution in [-0.2, 0) is 30.3 Å². The molecule has 2 aliphatic carbocycles. The summed E-state index contributed by atoms with van der Waals surface area (Å²) < 4.78 is 57.0. The highest BCUT2D eigenvalue weighted by atomic mass is 32.2. The SMILES string of the molecule is CC(=O)NCCCS(=O)(=O)Nc1ccc2c(c1)C1(CCC3(CC3)CC1)CN2C(=O)c1cccc(S(=O)(=O)NC(C)(C)C)c1. The average Bonchev–Trinajstić information content (AvgIpc) is 3.61. The Labute approximate surface area is 255 Å². The molecule has 3 N–H and O–H groups in total. The van der Waals surface area contributed by atoms with Crippen LogP contribution in [-0.4, -0.2) is 53.0 Å². The Bertz CT molecular complexity index is 1630. The van der Waals surface area contributed by atoms with Crippen LogP contribution in [0.3, 0.4) is 0 Å². The van der Waals surface area contributed by atoms with E-state index in [1.807, 2.05) is 6.07 Å². The zero-order valence-electron chi connectivity index (χ0n) is 25.3. The van der Waals surface area contributed by atoms with E-state index in [1.165, 1.54) is 31.9 Å². The lowest BCUT2D eigenvalue weighted by Crippen LogP contribution is -2.41. The van der Waals surface area contributed by atoms with Gasteiger partial charge in [0, 0.05) is 47.9 Å². The molecule has 2 aromatic carbocycles. The summed E-state index contributed by atoms with van der Waals surface area (Å²) in [7, 11) is -7.48. The Hall–Kier alpha value is -2.96. The summed E-state index contributed by atoms with van der Waals surface area (Å²) in [4.78, 5) is 26.9. The number of carbonyl (C=O) groups is 2. The van der Waals surface area contributed by atoms with Crippen LogP contribution < -0.4 is 19.7 Å². The molecule has 12 heteroatoms. The van der Waals surface area contributed by atoms with Gasteiger partial charge in [0.05, 0.1) is 10.6 Å². The largest absolute Gasteiger partial charge is 0.356 e. The zero-order chi connectivity index (χ0) is 31.3. The molecule has 43 heavy (non-hydrogen) atoms. The van der Waals surface area contributed by atoms with Gasteiger partial charge in [0.15, 0.2) is 0 Å². The summed E-state index contributed by atoms with van der Waals surface area (Å²) in [5.41, 5.74) is 1.84. The van der Waals surface area contributed by atoms with Crippen LogP contribution in [0, 0.1) is 5.41 Å². The molecule has 0 atom stereocenters. The number of nitrogens with zero attached hydrogens (tertiary/aromatic N) is 1. The van der Waals surface area contributed by atoms with Crippen LogP contribution in [0.2, 0.25) is 0 Å². The molecule has 2 fully saturated rings. The number of fused-ring (bicyclic) bond motifs is 2. The van der Waals surface area contributed by atoms with Crippen molar-refractivity contribution in [1.29, 1.82) is 0 Å². The van der Waals surface area contributed by atoms with Gasteiger partial charge in [-0.3, -0.25) is 14.3 Å². The number of nitrogens with one attached hydrogen (secondary N) is 3. The summed E-state index contributed by atoms with van der Waals surface area (Å²) >= 11 is 0. The smallest absolute Gasteiger partial charge is 0.258 e. The Balaban J connectivity index is 1.43. The number of sulfonamides is 2. The lowest BCUT2D eigenvalue weighted by molar-refractivity contribution is -0.118. The van der Waals surface area contributed by atoms with Crippen LogP contribution in [0.15, 0.2) is 47.4 Å². The third kappa shape index (κ3) is 7.07. The van der Waals surface area contributed by atoms with Crippen molar-refractivity contribution in [2.45, 2.75) is 88.5 Å². The second-order valence-electron chi connectivity index (χ2n) is 13.5. The number of rotatable bonds is 9. The third-order valence-electron chi connectivity index (χ3n) is 8.86. The van der Waals surface area contributed by atoms with Gasteiger partial charge >= 0.3 is 0 Å². The van der Waals surface area contributed by atoms with Gasteiger partial charge in [0.25, 0.3) is 5.91 Å². The van der Waals surface area contributed by atoms with E-state index in [0.717, 1.165) is 36.9 Å². The van der Waals surface area contributed by atoms with E-state index >= 15 is 0 Å². The number of hydrogen-bond donors (Lipinski definition) is 3. The second-order valence-corrected chi connectivity index (χ2v) is 17.1. The predicted octanol–water partition coefficient (Wildman–Crippen LogP) is 4.28. The fourth-order valence-corrected chi connectivity index (χ4v) is 9.02. The molecule has 0 bridgehead atoms. The van der Waals surface area contributed by atoms with E-state index in [-0.39, 0.29) is 46.4 Å². The predicted molar refractivity (Wildman–Crippen MR) is 167 cm³/mol. The van der Waals surface area contributed by atoms with Gasteiger partial charge in [-0.1, -0.05) is 6.07 Å². The lowest BCUT2D eigenvalue weighted by Gasteiger charge is -2.38. The first kappa shape index (κ1) is 31.5. The van der Waals surface area contributed by atoms with Crippen molar-refractivity contribution >= 4 is 43.2 Å². The topological polar surface area (TPSA) is 142 Å². The Kier molecular flexibility index (Phi) is 8.19. The molecule has 0 aromatic heterocycles. The molecule has 1 aliphatic heterocycles. The summed E-state index contributed by atoms with van der Waals surface area (Å²) in [6, 6.07) is 11.4. The van der Waals surface area contributed by atoms with Crippen LogP contribution >= 0.6 is 0 Å². The number of anilines is 2. The number of carbonyl (C=O) groups excluding carboxylic acids is 2. The maximum absolute atomic E-state index is 14.0. The minimum atomic E-state index is -3.83. The first-order valence-electron chi connectivity index (χ1n) is 14.9. The fraction of sp³-hybridized carbons (Fsp3) is 0.548. The normalized spacial score (nSPS) is 18.8. The Morgan fingerprint density at radius 3 is 2.23 bits per heavy atom. The monoisotopic (exact) mass is 630 g/mol. The van der Waals surface area contributed by atoms with E-state index in [1.54, 1.807) is 49.9 Å². The standard InChI is InChI=1S/C31H42N4O6S2/c1-22(36)32-17-6-18-42(38,39)33-24-9-10-27-26(20-24)31(15-13-30(11-12-30)14-16-31)21-35(27)28(37)23-7-5-8-25(19-23)43(40,41)34-29(2,3)4/h5,7-10,19-20,33-34H,6,11-18,21H2,1-4H3,(H,32,36). The van der Waals surface area contributed by atoms with Crippen molar-refractivity contribution in [3.8, 4) is 0 Å². The first-order chi connectivity index (χ1) is 20.0. The van der Waals surface area contributed by atoms with Gasteiger partial charge in [-0.15, -0.1) is 0 Å². The van der Waals surface area contributed by atoms with Crippen molar-refractivity contribution in [2.75, 3.05) is 28.5 Å². The number of benzene rings is 2. The van der Waals surface area contributed by atoms with Crippen molar-refractivity contribution < 1.29 is 26.4 Å². The average molecular weight is 631 g/mol. The van der Waals surface area contributed by atoms with Crippen LogP contribution in [0.25, 0.3) is 0 Å². The third-order valence-corrected chi connectivity index (χ3v) is 12.0. The first-order valence-corrected chi connectivity index (χ1v) is 18.0. The molecular weight excluding hydrogens is 588 g/mol. The summed E-state index contributed by atoms with van der Waals surface area (Å²) in [6.45, 7) is 7.40. The highest BCUT2D eigenvalue weighted by molar-refractivity contribution is 7.92. The van der Waals surface area contributed by atoms with Crippen molar-refractivity contribution in [2.24, 2.45) is 5.41 Å². The molecule has 0 unspecified atom stereocenters. The van der Waals surface area contributed by atoms with Crippen molar-refractivity contribution in [3.63, 3.8) is 0 Å². The molecule has 2 spiro atoms. The maximum Gasteiger partial charge on any atom is 0.258 e. The van der Waals surface area contributed by atoms with Gasteiger partial charge in [-0.25, -0.2) is 21.6 Å². The van der Waals surface area contributed by atoms with Crippen molar-refractivity contribution in [3.05, 3.63) is 53.6 Å². The maximum atomic E-state index is 14.0. The molecule has 1 heterocycles. The zero-order valence-corrected chi connectivity index (χ0v) is 27.0. The summed E-state index contributed by atoms with van der Waals surface area (Å²) in [6.07, 6.45) is 6.70. The molecule has 3 aliphatic rings. The summed E-state index contributed by atoms with van der Waals surface area (Å²) in [5, 5.41) is 2.61. The molecule has 234 valence electrons. The molecule has 2 saturated carbocycles. The van der Waals surface area contributed by atoms with E-state index < -0.39 is 25.6 Å². The molecule has 2 amide bonds. The molecule has 0 saturated heterocycles. The number of hydrogen-bond acceptors (Lipinski definition) is 6. The quantitative estimate of drug-likeness (QED) is 0.353. The molecule has 0 radical (unpaired) electrons. The lowest BCUT2D eigenvalue weighted by atomic mass is 9.66. The second kappa shape index (κ2) is 11.2. The molecular formula is C31H42N4O6S2. The van der Waals surface area contributed by atoms with E-state index in [9.17, 15) is 26.4 Å². The fourth-order valence-electron chi connectivity index (χ4n) is 6.45. The van der Waals surface area contributed by atoms with Gasteiger partial charge in [-0.05, 0) is 113 Å². The van der Waals surface area contributed by atoms with Crippen molar-refractivity contribution in [1.82, 2.24) is 10.0 Å². The van der Waals surface area contributed by atoms with Crippen LogP contribution in [0.5, 0.6) is 0 Å². The minimum absolute atomic E-state index is 0.0269. The van der Waals surface area contributed by atoms with E-state index in [2.05, 4.69) is 14.8 Å². The Morgan fingerprint density at radius 2 is 1.60 bits per heavy atom. The summed E-state index contributed by atoms with van der Waals surface area (Å²) in [5.74, 6) is -0.626. The highest BCUT2D eigenvalue weighted by Crippen LogP contribution is 2.62. The molecule has 10 nitrogen and oxygen atoms in total. The van der Waals surface area contributed by atoms with Crippen LogP contribution in [0.4, 0.5) is 11.4 Å². The van der Waals surface area contributed by atoms with Gasteiger partial charge in [0.2, 0.25) is 26.0 Å².